The summed E-state index contributed by atoms with van der Waals surface area (Å²) < 4.78 is 0. The molecule has 1 saturated heterocycles. The molecular weight excluding hydrogens is 232 g/mol. The third kappa shape index (κ3) is 2.01. The molecule has 0 aromatic heterocycles. The molecule has 1 fully saturated rings. The Morgan fingerprint density at radius 3 is 2.50 bits per heavy atom. The lowest BCUT2D eigenvalue weighted by atomic mass is 9.80. The summed E-state index contributed by atoms with van der Waals surface area (Å²) in [7, 11) is 0. The molecule has 1 aromatic rings. The van der Waals surface area contributed by atoms with Crippen molar-refractivity contribution in [2.45, 2.75) is 19.4 Å². The molecular formula is C13H18N2O3. The van der Waals surface area contributed by atoms with E-state index in [1.54, 1.807) is 4.90 Å². The van der Waals surface area contributed by atoms with Gasteiger partial charge in [-0.3, -0.25) is 4.79 Å². The lowest BCUT2D eigenvalue weighted by Crippen LogP contribution is -2.71. The van der Waals surface area contributed by atoms with Crippen molar-refractivity contribution in [3.63, 3.8) is 0 Å². The summed E-state index contributed by atoms with van der Waals surface area (Å²) in [5, 5.41) is 18.8. The lowest BCUT2D eigenvalue weighted by Gasteiger charge is -2.50. The van der Waals surface area contributed by atoms with Gasteiger partial charge in [0.2, 0.25) is 0 Å². The van der Waals surface area contributed by atoms with Crippen molar-refractivity contribution in [3.8, 4) is 11.5 Å². The zero-order valence-corrected chi connectivity index (χ0v) is 10.6. The minimum Gasteiger partial charge on any atom is -0.508 e. The average molecular weight is 250 g/mol. The number of hydrogen-bond acceptors (Lipinski definition) is 4. The molecule has 4 N–H and O–H groups in total. The van der Waals surface area contributed by atoms with Crippen LogP contribution in [0.5, 0.6) is 11.5 Å². The van der Waals surface area contributed by atoms with Crippen LogP contribution in [0.25, 0.3) is 0 Å². The van der Waals surface area contributed by atoms with Gasteiger partial charge < -0.3 is 20.8 Å². The molecule has 1 aliphatic rings. The highest BCUT2D eigenvalue weighted by Crippen LogP contribution is 2.30. The molecule has 18 heavy (non-hydrogen) atoms. The van der Waals surface area contributed by atoms with Gasteiger partial charge >= 0.3 is 0 Å². The van der Waals surface area contributed by atoms with Crippen molar-refractivity contribution in [2.75, 3.05) is 13.1 Å². The van der Waals surface area contributed by atoms with E-state index in [0.29, 0.717) is 19.0 Å². The maximum Gasteiger partial charge on any atom is 0.257 e. The highest BCUT2D eigenvalue weighted by atomic mass is 16.3. The van der Waals surface area contributed by atoms with Crippen LogP contribution in [0.15, 0.2) is 18.2 Å². The monoisotopic (exact) mass is 250 g/mol. The van der Waals surface area contributed by atoms with Gasteiger partial charge in [0.1, 0.15) is 11.5 Å². The maximum absolute atomic E-state index is 12.1. The Hall–Kier alpha value is -1.75. The van der Waals surface area contributed by atoms with Crippen molar-refractivity contribution in [1.29, 1.82) is 0 Å². The van der Waals surface area contributed by atoms with Gasteiger partial charge in [-0.1, -0.05) is 13.8 Å². The fourth-order valence-electron chi connectivity index (χ4n) is 2.04. The van der Waals surface area contributed by atoms with Gasteiger partial charge in [-0.2, -0.15) is 0 Å². The van der Waals surface area contributed by atoms with Gasteiger partial charge in [0.05, 0.1) is 11.1 Å². The van der Waals surface area contributed by atoms with E-state index in [2.05, 4.69) is 0 Å². The van der Waals surface area contributed by atoms with Crippen molar-refractivity contribution in [2.24, 2.45) is 11.7 Å². The number of hydrogen-bond donors (Lipinski definition) is 3. The van der Waals surface area contributed by atoms with Gasteiger partial charge in [-0.05, 0) is 18.1 Å². The Labute approximate surface area is 106 Å². The molecule has 1 heterocycles. The maximum atomic E-state index is 12.1. The number of benzene rings is 1. The van der Waals surface area contributed by atoms with E-state index >= 15 is 0 Å². The quantitative estimate of drug-likeness (QED) is 0.728. The molecule has 1 aliphatic heterocycles. The molecule has 2 rings (SSSR count). The predicted octanol–water partition coefficient (Wildman–Crippen LogP) is 0.907. The first-order chi connectivity index (χ1) is 8.33. The molecule has 0 saturated carbocycles. The van der Waals surface area contributed by atoms with Gasteiger partial charge in [0, 0.05) is 19.2 Å². The molecule has 0 unspecified atom stereocenters. The minimum atomic E-state index is -0.331. The molecule has 0 radical (unpaired) electrons. The van der Waals surface area contributed by atoms with Gasteiger partial charge in [0.25, 0.3) is 5.91 Å². The standard InChI is InChI=1S/C13H18N2O3/c1-8(2)13(14)6-15(7-13)12(18)10-4-3-9(16)5-11(10)17/h3-5,8,16-17H,6-7,14H2,1-2H3. The number of carbonyl (C=O) groups excluding carboxylic acids is 1. The van der Waals surface area contributed by atoms with Crippen LogP contribution < -0.4 is 5.73 Å². The number of nitrogens with two attached hydrogens (primary N) is 1. The van der Waals surface area contributed by atoms with E-state index in [0.717, 1.165) is 6.07 Å². The molecule has 5 heteroatoms. The number of likely N-dealkylation sites (tertiary alicyclic amines) is 1. The largest absolute Gasteiger partial charge is 0.508 e. The molecule has 0 spiro atoms. The normalized spacial score (nSPS) is 17.7. The van der Waals surface area contributed by atoms with Crippen LogP contribution in [0.4, 0.5) is 0 Å². The molecule has 1 amide bonds. The fourth-order valence-corrected chi connectivity index (χ4v) is 2.04. The van der Waals surface area contributed by atoms with E-state index in [-0.39, 0.29) is 28.5 Å². The average Bonchev–Trinajstić information content (AvgIpc) is 2.23. The van der Waals surface area contributed by atoms with Crippen LogP contribution in [0.1, 0.15) is 24.2 Å². The van der Waals surface area contributed by atoms with Gasteiger partial charge in [-0.25, -0.2) is 0 Å². The van der Waals surface area contributed by atoms with Crippen LogP contribution >= 0.6 is 0 Å². The van der Waals surface area contributed by atoms with E-state index in [1.165, 1.54) is 12.1 Å². The first-order valence-corrected chi connectivity index (χ1v) is 5.93. The predicted molar refractivity (Wildman–Crippen MR) is 67.4 cm³/mol. The summed E-state index contributed by atoms with van der Waals surface area (Å²) in [6.45, 7) is 5.04. The summed E-state index contributed by atoms with van der Waals surface area (Å²) in [4.78, 5) is 13.7. The second kappa shape index (κ2) is 4.17. The van der Waals surface area contributed by atoms with Crippen molar-refractivity contribution in [3.05, 3.63) is 23.8 Å². The van der Waals surface area contributed by atoms with Crippen LogP contribution in [0.2, 0.25) is 0 Å². The third-order valence-electron chi connectivity index (χ3n) is 3.62. The number of phenolic OH excluding ortho intramolecular Hbond substituents is 2. The van der Waals surface area contributed by atoms with E-state index < -0.39 is 0 Å². The highest BCUT2D eigenvalue weighted by Gasteiger charge is 2.44. The Morgan fingerprint density at radius 2 is 2.00 bits per heavy atom. The van der Waals surface area contributed by atoms with Crippen LogP contribution in [0.3, 0.4) is 0 Å². The second-order valence-corrected chi connectivity index (χ2v) is 5.25. The van der Waals surface area contributed by atoms with Crippen LogP contribution in [-0.2, 0) is 0 Å². The third-order valence-corrected chi connectivity index (χ3v) is 3.62. The second-order valence-electron chi connectivity index (χ2n) is 5.25. The Morgan fingerprint density at radius 1 is 1.39 bits per heavy atom. The molecule has 1 aromatic carbocycles. The SMILES string of the molecule is CC(C)C1(N)CN(C(=O)c2ccc(O)cc2O)C1. The Balaban J connectivity index is 2.11. The van der Waals surface area contributed by atoms with Gasteiger partial charge in [-0.15, -0.1) is 0 Å². The number of amides is 1. The van der Waals surface area contributed by atoms with E-state index in [4.69, 9.17) is 5.73 Å². The summed E-state index contributed by atoms with van der Waals surface area (Å²) in [6, 6.07) is 3.95. The van der Waals surface area contributed by atoms with E-state index in [1.807, 2.05) is 13.8 Å². The molecule has 5 nitrogen and oxygen atoms in total. The van der Waals surface area contributed by atoms with Gasteiger partial charge in [0.15, 0.2) is 0 Å². The summed E-state index contributed by atoms with van der Waals surface area (Å²) in [5.74, 6) is -0.230. The van der Waals surface area contributed by atoms with E-state index in [9.17, 15) is 15.0 Å². The molecule has 98 valence electrons. The highest BCUT2D eigenvalue weighted by molar-refractivity contribution is 5.97. The number of nitrogens with zero attached hydrogens (tertiary/aromatic N) is 1. The number of rotatable bonds is 2. The topological polar surface area (TPSA) is 86.8 Å². The summed E-state index contributed by atoms with van der Waals surface area (Å²) in [5.41, 5.74) is 5.98. The molecule has 0 aliphatic carbocycles. The minimum absolute atomic E-state index is 0.0667. The first kappa shape index (κ1) is 12.7. The number of phenols is 2. The number of aromatic hydroxyl groups is 2. The zero-order chi connectivity index (χ0) is 13.5. The molecule has 0 bridgehead atoms. The van der Waals surface area contributed by atoms with Crippen molar-refractivity contribution in [1.82, 2.24) is 4.90 Å². The Kier molecular flexibility index (Phi) is 2.94. The fraction of sp³-hybridized carbons (Fsp3) is 0.462. The summed E-state index contributed by atoms with van der Waals surface area (Å²) >= 11 is 0. The van der Waals surface area contributed by atoms with Crippen LogP contribution in [0, 0.1) is 5.92 Å². The lowest BCUT2D eigenvalue weighted by molar-refractivity contribution is 0.0272. The zero-order valence-electron chi connectivity index (χ0n) is 10.6. The Bertz CT molecular complexity index is 479. The summed E-state index contributed by atoms with van der Waals surface area (Å²) in [6.07, 6.45) is 0. The van der Waals surface area contributed by atoms with Crippen LogP contribution in [-0.4, -0.2) is 39.6 Å². The number of carbonyl (C=O) groups is 1. The smallest absolute Gasteiger partial charge is 0.257 e. The first-order valence-electron chi connectivity index (χ1n) is 5.93. The van der Waals surface area contributed by atoms with Crippen molar-refractivity contribution >= 4 is 5.91 Å². The molecule has 0 atom stereocenters. The van der Waals surface area contributed by atoms with Crippen molar-refractivity contribution < 1.29 is 15.0 Å².